The van der Waals surface area contributed by atoms with Gasteiger partial charge in [0.25, 0.3) is 0 Å². The third-order valence-electron chi connectivity index (χ3n) is 3.59. The first kappa shape index (κ1) is 16.6. The Balaban J connectivity index is 1.89. The molecule has 4 nitrogen and oxygen atoms in total. The van der Waals surface area contributed by atoms with Gasteiger partial charge in [0.2, 0.25) is 0 Å². The summed E-state index contributed by atoms with van der Waals surface area (Å²) in [6.45, 7) is 5.04. The molecule has 0 radical (unpaired) electrons. The molecule has 21 heavy (non-hydrogen) atoms. The van der Waals surface area contributed by atoms with Gasteiger partial charge in [0.15, 0.2) is 0 Å². The normalized spacial score (nSPS) is 19.7. The Morgan fingerprint density at radius 2 is 2.38 bits per heavy atom. The molecule has 1 saturated heterocycles. The second-order valence-corrected chi connectivity index (χ2v) is 6.05. The molecule has 0 aliphatic carbocycles. The van der Waals surface area contributed by atoms with Gasteiger partial charge in [-0.15, -0.1) is 0 Å². The fourth-order valence-corrected chi connectivity index (χ4v) is 2.50. The summed E-state index contributed by atoms with van der Waals surface area (Å²) < 4.78 is 11.5. The second kappa shape index (κ2) is 8.59. The Morgan fingerprint density at radius 3 is 3.10 bits per heavy atom. The Morgan fingerprint density at radius 1 is 1.52 bits per heavy atom. The predicted octanol–water partition coefficient (Wildman–Crippen LogP) is 2.62. The zero-order valence-corrected chi connectivity index (χ0v) is 13.2. The van der Waals surface area contributed by atoms with Crippen molar-refractivity contribution < 1.29 is 14.6 Å². The van der Waals surface area contributed by atoms with Crippen LogP contribution in [0.1, 0.15) is 25.3 Å². The van der Waals surface area contributed by atoms with E-state index in [1.165, 1.54) is 0 Å². The number of rotatable bonds is 8. The summed E-state index contributed by atoms with van der Waals surface area (Å²) in [5, 5.41) is 13.1. The Kier molecular flexibility index (Phi) is 6.77. The SMILES string of the molecule is CC(CO)CNCc1cc(Cl)ccc1OCC1CCCO1. The fraction of sp³-hybridized carbons (Fsp3) is 0.625. The lowest BCUT2D eigenvalue weighted by Gasteiger charge is -2.16. The van der Waals surface area contributed by atoms with Crippen LogP contribution in [-0.4, -0.2) is 37.6 Å². The van der Waals surface area contributed by atoms with Crippen LogP contribution in [-0.2, 0) is 11.3 Å². The Hall–Kier alpha value is -0.810. The summed E-state index contributed by atoms with van der Waals surface area (Å²) >= 11 is 6.06. The second-order valence-electron chi connectivity index (χ2n) is 5.62. The topological polar surface area (TPSA) is 50.7 Å². The predicted molar refractivity (Wildman–Crippen MR) is 83.9 cm³/mol. The largest absolute Gasteiger partial charge is 0.491 e. The van der Waals surface area contributed by atoms with Gasteiger partial charge in [0.05, 0.1) is 6.10 Å². The van der Waals surface area contributed by atoms with Gasteiger partial charge in [0, 0.05) is 36.9 Å². The summed E-state index contributed by atoms with van der Waals surface area (Å²) in [4.78, 5) is 0. The minimum Gasteiger partial charge on any atom is -0.491 e. The van der Waals surface area contributed by atoms with E-state index in [1.54, 1.807) is 0 Å². The fourth-order valence-electron chi connectivity index (χ4n) is 2.30. The molecule has 0 amide bonds. The van der Waals surface area contributed by atoms with Gasteiger partial charge in [-0.2, -0.15) is 0 Å². The first-order valence-corrected chi connectivity index (χ1v) is 7.91. The van der Waals surface area contributed by atoms with Crippen LogP contribution in [0.4, 0.5) is 0 Å². The minimum absolute atomic E-state index is 0.185. The molecule has 1 aromatic rings. The van der Waals surface area contributed by atoms with E-state index in [9.17, 15) is 0 Å². The standard InChI is InChI=1S/C16H24ClNO3/c1-12(10-19)8-18-9-13-7-14(17)4-5-16(13)21-11-15-3-2-6-20-15/h4-5,7,12,15,18-19H,2-3,6,8-11H2,1H3. The van der Waals surface area contributed by atoms with E-state index in [4.69, 9.17) is 26.2 Å². The van der Waals surface area contributed by atoms with E-state index in [-0.39, 0.29) is 18.6 Å². The van der Waals surface area contributed by atoms with E-state index in [0.717, 1.165) is 37.3 Å². The quantitative estimate of drug-likeness (QED) is 0.774. The van der Waals surface area contributed by atoms with Gasteiger partial charge in [0.1, 0.15) is 12.4 Å². The van der Waals surface area contributed by atoms with E-state index in [0.29, 0.717) is 18.2 Å². The van der Waals surface area contributed by atoms with Crippen molar-refractivity contribution in [2.45, 2.75) is 32.4 Å². The summed E-state index contributed by atoms with van der Waals surface area (Å²) in [7, 11) is 0. The molecule has 0 bridgehead atoms. The highest BCUT2D eigenvalue weighted by Crippen LogP contribution is 2.24. The van der Waals surface area contributed by atoms with Crippen molar-refractivity contribution in [3.63, 3.8) is 0 Å². The molecule has 1 fully saturated rings. The first-order valence-electron chi connectivity index (χ1n) is 7.53. The van der Waals surface area contributed by atoms with Crippen LogP contribution in [0.2, 0.25) is 5.02 Å². The molecule has 0 saturated carbocycles. The number of nitrogens with one attached hydrogen (secondary N) is 1. The molecular formula is C16H24ClNO3. The van der Waals surface area contributed by atoms with Gasteiger partial charge >= 0.3 is 0 Å². The number of aliphatic hydroxyl groups excluding tert-OH is 1. The maximum absolute atomic E-state index is 9.04. The molecule has 1 aromatic carbocycles. The molecule has 2 unspecified atom stereocenters. The van der Waals surface area contributed by atoms with Crippen molar-refractivity contribution >= 4 is 11.6 Å². The van der Waals surface area contributed by atoms with E-state index >= 15 is 0 Å². The lowest BCUT2D eigenvalue weighted by molar-refractivity contribution is 0.0676. The third-order valence-corrected chi connectivity index (χ3v) is 3.83. The highest BCUT2D eigenvalue weighted by atomic mass is 35.5. The third kappa shape index (κ3) is 5.47. The lowest BCUT2D eigenvalue weighted by Crippen LogP contribution is -2.23. The highest BCUT2D eigenvalue weighted by Gasteiger charge is 2.16. The Labute approximate surface area is 131 Å². The van der Waals surface area contributed by atoms with Crippen LogP contribution in [0.5, 0.6) is 5.75 Å². The van der Waals surface area contributed by atoms with Gasteiger partial charge in [-0.3, -0.25) is 0 Å². The molecule has 5 heteroatoms. The molecule has 1 aliphatic heterocycles. The van der Waals surface area contributed by atoms with Crippen molar-refractivity contribution in [2.75, 3.05) is 26.4 Å². The van der Waals surface area contributed by atoms with E-state index < -0.39 is 0 Å². The van der Waals surface area contributed by atoms with Gasteiger partial charge in [-0.25, -0.2) is 0 Å². The molecule has 1 heterocycles. The number of benzene rings is 1. The maximum atomic E-state index is 9.04. The Bertz CT molecular complexity index is 436. The molecule has 1 aliphatic rings. The van der Waals surface area contributed by atoms with Crippen molar-refractivity contribution in [2.24, 2.45) is 5.92 Å². The van der Waals surface area contributed by atoms with Crippen molar-refractivity contribution in [1.29, 1.82) is 0 Å². The van der Waals surface area contributed by atoms with E-state index in [2.05, 4.69) is 5.32 Å². The number of hydrogen-bond donors (Lipinski definition) is 2. The summed E-state index contributed by atoms with van der Waals surface area (Å²) in [5.74, 6) is 1.08. The summed E-state index contributed by atoms with van der Waals surface area (Å²) in [6, 6.07) is 5.67. The zero-order chi connectivity index (χ0) is 15.1. The van der Waals surface area contributed by atoms with Crippen molar-refractivity contribution in [3.8, 4) is 5.75 Å². The minimum atomic E-state index is 0.185. The average molecular weight is 314 g/mol. The van der Waals surface area contributed by atoms with Crippen LogP contribution < -0.4 is 10.1 Å². The molecule has 2 N–H and O–H groups in total. The van der Waals surface area contributed by atoms with E-state index in [1.807, 2.05) is 25.1 Å². The lowest BCUT2D eigenvalue weighted by atomic mass is 10.1. The molecule has 0 spiro atoms. The average Bonchev–Trinajstić information content (AvgIpc) is 2.99. The van der Waals surface area contributed by atoms with Crippen molar-refractivity contribution in [3.05, 3.63) is 28.8 Å². The first-order chi connectivity index (χ1) is 10.2. The van der Waals surface area contributed by atoms with Crippen molar-refractivity contribution in [1.82, 2.24) is 5.32 Å². The van der Waals surface area contributed by atoms with Crippen LogP contribution in [0.25, 0.3) is 0 Å². The van der Waals surface area contributed by atoms with Gasteiger partial charge in [-0.1, -0.05) is 18.5 Å². The summed E-state index contributed by atoms with van der Waals surface area (Å²) in [5.41, 5.74) is 1.03. The summed E-state index contributed by atoms with van der Waals surface area (Å²) in [6.07, 6.45) is 2.38. The van der Waals surface area contributed by atoms with Gasteiger partial charge in [-0.05, 0) is 37.0 Å². The van der Waals surface area contributed by atoms with Crippen LogP contribution in [0.3, 0.4) is 0 Å². The van der Waals surface area contributed by atoms with Gasteiger partial charge < -0.3 is 19.9 Å². The molecular weight excluding hydrogens is 290 g/mol. The number of hydrogen-bond acceptors (Lipinski definition) is 4. The molecule has 0 aromatic heterocycles. The number of ether oxygens (including phenoxy) is 2. The molecule has 118 valence electrons. The van der Waals surface area contributed by atoms with Crippen LogP contribution >= 0.6 is 11.6 Å². The van der Waals surface area contributed by atoms with Crippen LogP contribution in [0, 0.1) is 5.92 Å². The zero-order valence-electron chi connectivity index (χ0n) is 12.5. The maximum Gasteiger partial charge on any atom is 0.124 e. The number of aliphatic hydroxyl groups is 1. The smallest absolute Gasteiger partial charge is 0.124 e. The molecule has 2 rings (SSSR count). The monoisotopic (exact) mass is 313 g/mol. The van der Waals surface area contributed by atoms with Crippen LogP contribution in [0.15, 0.2) is 18.2 Å². The number of halogens is 1. The molecule has 2 atom stereocenters. The highest BCUT2D eigenvalue weighted by molar-refractivity contribution is 6.30.